The number of aliphatic hydroxyl groups excluding tert-OH is 1. The van der Waals surface area contributed by atoms with E-state index in [-0.39, 0.29) is 23.3 Å². The Bertz CT molecular complexity index is 1080. The van der Waals surface area contributed by atoms with Crippen LogP contribution in [0, 0.1) is 16.6 Å². The van der Waals surface area contributed by atoms with Crippen LogP contribution in [0.2, 0.25) is 0 Å². The van der Waals surface area contributed by atoms with E-state index in [1.807, 2.05) is 13.8 Å². The van der Waals surface area contributed by atoms with Gasteiger partial charge in [0.05, 0.1) is 11.9 Å². The molecule has 0 bridgehead atoms. The van der Waals surface area contributed by atoms with Gasteiger partial charge in [-0.15, -0.1) is 0 Å². The van der Waals surface area contributed by atoms with E-state index in [2.05, 4.69) is 18.9 Å². The first-order valence-electron chi connectivity index (χ1n) is 11.5. The van der Waals surface area contributed by atoms with Crippen LogP contribution in [0.5, 0.6) is 0 Å². The zero-order chi connectivity index (χ0) is 25.5. The van der Waals surface area contributed by atoms with Crippen molar-refractivity contribution >= 4 is 36.0 Å². The normalized spacial score (nSPS) is 15.4. The third-order valence-electron chi connectivity index (χ3n) is 5.71. The van der Waals surface area contributed by atoms with Gasteiger partial charge in [-0.3, -0.25) is 15.6 Å². The van der Waals surface area contributed by atoms with Gasteiger partial charge in [-0.25, -0.2) is 18.0 Å². The number of amides is 1. The van der Waals surface area contributed by atoms with Gasteiger partial charge in [0, 0.05) is 51.5 Å². The molecule has 4 rings (SSSR count). The summed E-state index contributed by atoms with van der Waals surface area (Å²) in [5.74, 6) is -0.861. The summed E-state index contributed by atoms with van der Waals surface area (Å²) < 4.78 is 19.3. The molecule has 0 spiro atoms. The molecule has 0 aliphatic carbocycles. The highest BCUT2D eigenvalue weighted by atomic mass is 32.2. The zero-order valence-electron chi connectivity index (χ0n) is 20.2. The molecule has 35 heavy (non-hydrogen) atoms. The van der Waals surface area contributed by atoms with E-state index in [0.29, 0.717) is 18.8 Å². The van der Waals surface area contributed by atoms with Crippen LogP contribution in [0.15, 0.2) is 30.3 Å². The Hall–Kier alpha value is -2.86. The van der Waals surface area contributed by atoms with Crippen LogP contribution in [-0.4, -0.2) is 67.9 Å². The maximum absolute atomic E-state index is 14.8. The number of halogens is 1. The number of anilines is 1. The summed E-state index contributed by atoms with van der Waals surface area (Å²) in [6, 6.07) is 7.91. The minimum Gasteiger partial charge on any atom is -0.400 e. The molecule has 2 aliphatic rings. The maximum atomic E-state index is 14.8. The van der Waals surface area contributed by atoms with Crippen LogP contribution in [0.4, 0.5) is 10.2 Å². The molecular formula is C24H32FN7O2S. The van der Waals surface area contributed by atoms with Crippen molar-refractivity contribution in [3.63, 3.8) is 0 Å². The Balaban J connectivity index is 0.00000167. The second-order valence-corrected chi connectivity index (χ2v) is 9.65. The summed E-state index contributed by atoms with van der Waals surface area (Å²) >= 11 is 1.70. The van der Waals surface area contributed by atoms with E-state index in [1.165, 1.54) is 23.8 Å². The minimum atomic E-state index is -0.579. The number of amidine groups is 1. The highest BCUT2D eigenvalue weighted by Crippen LogP contribution is 2.33. The van der Waals surface area contributed by atoms with Crippen LogP contribution in [0.1, 0.15) is 53.9 Å². The number of aliphatic hydroxyl groups is 1. The lowest BCUT2D eigenvalue weighted by Gasteiger charge is -2.23. The van der Waals surface area contributed by atoms with E-state index in [0.717, 1.165) is 37.7 Å². The number of aromatic nitrogens is 1. The number of hydrogen-bond acceptors (Lipinski definition) is 8. The third-order valence-corrected chi connectivity index (χ3v) is 6.80. The number of rotatable bonds is 7. The monoisotopic (exact) mass is 501 g/mol. The molecule has 11 heteroatoms. The van der Waals surface area contributed by atoms with Gasteiger partial charge in [0.25, 0.3) is 5.91 Å². The van der Waals surface area contributed by atoms with Crippen molar-refractivity contribution in [1.29, 1.82) is 10.8 Å². The first-order chi connectivity index (χ1) is 16.9. The molecule has 2 aromatic rings. The molecular weight excluding hydrogens is 469 g/mol. The van der Waals surface area contributed by atoms with E-state index in [9.17, 15) is 9.18 Å². The van der Waals surface area contributed by atoms with Crippen LogP contribution in [-0.2, 0) is 13.1 Å². The molecule has 2 aliphatic heterocycles. The Morgan fingerprint density at radius 2 is 1.86 bits per heavy atom. The van der Waals surface area contributed by atoms with E-state index in [4.69, 9.17) is 15.9 Å². The van der Waals surface area contributed by atoms with Gasteiger partial charge in [0.2, 0.25) is 0 Å². The maximum Gasteiger partial charge on any atom is 0.259 e. The number of carbonyl (C=O) groups is 1. The number of benzene rings is 1. The van der Waals surface area contributed by atoms with E-state index >= 15 is 0 Å². The second kappa shape index (κ2) is 12.2. The van der Waals surface area contributed by atoms with Crippen molar-refractivity contribution in [3.05, 3.63) is 58.5 Å². The van der Waals surface area contributed by atoms with Gasteiger partial charge in [-0.1, -0.05) is 6.07 Å². The zero-order valence-corrected chi connectivity index (χ0v) is 21.0. The van der Waals surface area contributed by atoms with Gasteiger partial charge in [-0.2, -0.15) is 0 Å². The topological polar surface area (TPSA) is 120 Å². The van der Waals surface area contributed by atoms with Crippen LogP contribution >= 0.6 is 12.1 Å². The van der Waals surface area contributed by atoms with Gasteiger partial charge in [0.1, 0.15) is 17.3 Å². The fourth-order valence-electron chi connectivity index (χ4n) is 3.98. The summed E-state index contributed by atoms with van der Waals surface area (Å²) in [5, 5.41) is 25.5. The SMILES string of the molecule is CC(C)N(C=N)C(=N)c1cccc(NC(=O)c2cc3c(cc2F)CN(SN2CCCC2)C3)n1.CO. The molecule has 0 unspecified atom stereocenters. The highest BCUT2D eigenvalue weighted by molar-refractivity contribution is 7.94. The first-order valence-corrected chi connectivity index (χ1v) is 12.2. The smallest absolute Gasteiger partial charge is 0.259 e. The fraction of sp³-hybridized carbons (Fsp3) is 0.417. The van der Waals surface area contributed by atoms with Crippen LogP contribution in [0.3, 0.4) is 0 Å². The van der Waals surface area contributed by atoms with Crippen molar-refractivity contribution in [2.24, 2.45) is 0 Å². The quantitative estimate of drug-likeness (QED) is 0.259. The Labute approximate surface area is 209 Å². The largest absolute Gasteiger partial charge is 0.400 e. The van der Waals surface area contributed by atoms with Gasteiger partial charge in [0.15, 0.2) is 5.84 Å². The Morgan fingerprint density at radius 3 is 2.49 bits per heavy atom. The molecule has 0 saturated carbocycles. The molecule has 188 valence electrons. The number of hydrogen-bond donors (Lipinski definition) is 4. The summed E-state index contributed by atoms with van der Waals surface area (Å²) in [5.41, 5.74) is 2.15. The second-order valence-electron chi connectivity index (χ2n) is 8.46. The van der Waals surface area contributed by atoms with Crippen LogP contribution in [0.25, 0.3) is 0 Å². The van der Waals surface area contributed by atoms with Crippen molar-refractivity contribution in [1.82, 2.24) is 18.5 Å². The van der Waals surface area contributed by atoms with Gasteiger partial charge >= 0.3 is 0 Å². The molecule has 3 heterocycles. The van der Waals surface area contributed by atoms with Gasteiger partial charge in [-0.05, 0) is 62.1 Å². The van der Waals surface area contributed by atoms with Crippen molar-refractivity contribution in [3.8, 4) is 0 Å². The average Bonchev–Trinajstić information content (AvgIpc) is 3.49. The number of nitrogens with one attached hydrogen (secondary N) is 3. The highest BCUT2D eigenvalue weighted by Gasteiger charge is 2.26. The molecule has 0 radical (unpaired) electrons. The summed E-state index contributed by atoms with van der Waals surface area (Å²) in [6.07, 6.45) is 3.49. The molecule has 1 aromatic heterocycles. The standard InChI is InChI=1S/C23H28FN7OS.CH4O/c1-15(2)31(14-25)22(26)20-6-5-7-21(27-20)28-23(32)18-10-16-12-30(13-17(16)11-19(18)24)33-29-8-3-4-9-29;1-2/h5-7,10-11,14-15,25-26H,3-4,8-9,12-13H2,1-2H3,(H,27,28,32);2H,1H3. The van der Waals surface area contributed by atoms with E-state index in [1.54, 1.807) is 36.4 Å². The molecule has 1 saturated heterocycles. The average molecular weight is 502 g/mol. The molecule has 4 N–H and O–H groups in total. The molecule has 0 atom stereocenters. The molecule has 1 amide bonds. The molecule has 1 aromatic carbocycles. The molecule has 9 nitrogen and oxygen atoms in total. The summed E-state index contributed by atoms with van der Waals surface area (Å²) in [7, 11) is 1.00. The lowest BCUT2D eigenvalue weighted by atomic mass is 10.1. The number of fused-ring (bicyclic) bond motifs is 1. The van der Waals surface area contributed by atoms with Crippen LogP contribution < -0.4 is 5.32 Å². The predicted molar refractivity (Wildman–Crippen MR) is 137 cm³/mol. The van der Waals surface area contributed by atoms with E-state index < -0.39 is 11.7 Å². The molecule has 1 fully saturated rings. The first kappa shape index (κ1) is 26.7. The predicted octanol–water partition coefficient (Wildman–Crippen LogP) is 3.70. The van der Waals surface area contributed by atoms with Crippen molar-refractivity contribution < 1.29 is 14.3 Å². The Kier molecular flexibility index (Phi) is 9.33. The van der Waals surface area contributed by atoms with Crippen molar-refractivity contribution in [2.45, 2.75) is 45.8 Å². The summed E-state index contributed by atoms with van der Waals surface area (Å²) in [6.45, 7) is 7.19. The van der Waals surface area contributed by atoms with Gasteiger partial charge < -0.3 is 15.3 Å². The fourth-order valence-corrected chi connectivity index (χ4v) is 5.12. The lowest BCUT2D eigenvalue weighted by molar-refractivity contribution is 0.102. The number of nitrogens with zero attached hydrogens (tertiary/aromatic N) is 4. The number of pyridine rings is 1. The summed E-state index contributed by atoms with van der Waals surface area (Å²) in [4.78, 5) is 18.6. The van der Waals surface area contributed by atoms with Crippen molar-refractivity contribution in [2.75, 3.05) is 25.5 Å². The third kappa shape index (κ3) is 6.43. The minimum absolute atomic E-state index is 0.0210. The number of carbonyl (C=O) groups excluding carboxylic acids is 1. The lowest BCUT2D eigenvalue weighted by Crippen LogP contribution is -2.36. The Morgan fingerprint density at radius 1 is 1.20 bits per heavy atom.